The van der Waals surface area contributed by atoms with Gasteiger partial charge in [-0.1, -0.05) is 0 Å². The molecular formula is C24H45N3O15. The first-order chi connectivity index (χ1) is 19.9. The molecule has 0 aromatic rings. The number of hydrogen-bond donors (Lipinski definition) is 10. The fraction of sp³-hybridized carbons (Fsp3) is 0.958. The van der Waals surface area contributed by atoms with Crippen LogP contribution >= 0.6 is 0 Å². The first-order valence-electron chi connectivity index (χ1n) is 13.7. The van der Waals surface area contributed by atoms with Crippen LogP contribution in [0.25, 0.3) is 0 Å². The summed E-state index contributed by atoms with van der Waals surface area (Å²) in [5.41, 5.74) is 5.66. The minimum Gasteiger partial charge on any atom is -0.394 e. The second-order valence-corrected chi connectivity index (χ2v) is 10.5. The third kappa shape index (κ3) is 7.72. The van der Waals surface area contributed by atoms with Crippen LogP contribution in [0, 0.1) is 0 Å². The Morgan fingerprint density at radius 2 is 1.40 bits per heavy atom. The molecule has 18 heteroatoms. The molecule has 0 bridgehead atoms. The summed E-state index contributed by atoms with van der Waals surface area (Å²) in [6.07, 6.45) is -20.7. The summed E-state index contributed by atoms with van der Waals surface area (Å²) >= 11 is 0. The van der Waals surface area contributed by atoms with Crippen LogP contribution in [0.2, 0.25) is 0 Å². The van der Waals surface area contributed by atoms with E-state index in [1.165, 1.54) is 26.0 Å². The van der Waals surface area contributed by atoms with E-state index >= 15 is 0 Å². The Morgan fingerprint density at radius 1 is 0.833 bits per heavy atom. The highest BCUT2D eigenvalue weighted by Crippen LogP contribution is 2.34. The van der Waals surface area contributed by atoms with Gasteiger partial charge in [0.2, 0.25) is 5.91 Å². The average molecular weight is 616 g/mol. The Morgan fingerprint density at radius 3 is 1.95 bits per heavy atom. The number of carbonyl (C=O) groups is 1. The highest BCUT2D eigenvalue weighted by molar-refractivity contribution is 5.73. The first-order valence-corrected chi connectivity index (χ1v) is 13.7. The molecule has 0 saturated carbocycles. The van der Waals surface area contributed by atoms with Crippen molar-refractivity contribution >= 4 is 5.91 Å². The normalized spacial score (nSPS) is 44.7. The lowest BCUT2D eigenvalue weighted by Crippen LogP contribution is -2.71. The fourth-order valence-corrected chi connectivity index (χ4v) is 5.21. The second-order valence-electron chi connectivity index (χ2n) is 10.5. The molecule has 0 radical (unpaired) electrons. The summed E-state index contributed by atoms with van der Waals surface area (Å²) in [6.45, 7) is 1.68. The Kier molecular flexibility index (Phi) is 13.2. The van der Waals surface area contributed by atoms with E-state index in [1.807, 2.05) is 0 Å². The molecule has 3 heterocycles. The van der Waals surface area contributed by atoms with Crippen molar-refractivity contribution in [2.24, 2.45) is 5.73 Å². The predicted octanol–water partition coefficient (Wildman–Crippen LogP) is -6.18. The van der Waals surface area contributed by atoms with Crippen LogP contribution in [-0.2, 0) is 33.3 Å². The van der Waals surface area contributed by atoms with Gasteiger partial charge in [-0.15, -0.1) is 0 Å². The molecule has 3 aliphatic rings. The van der Waals surface area contributed by atoms with Crippen LogP contribution in [-0.4, -0.2) is 177 Å². The number of ether oxygens (including phenoxy) is 5. The lowest BCUT2D eigenvalue weighted by atomic mass is 9.93. The SMILES string of the molecule is CON(CCCN)[C@@H]1O[C@H](CO)[C@@H](O[C@@H]2O[C@H](CO)[C@H](O)[C@H](O)[C@H]2O)[C@H](O[C@@H]2O[C@@H](C)[C@@H](O)[C@@H](O)[C@@H]2O)[C@H]1NC(C)=O. The third-order valence-corrected chi connectivity index (χ3v) is 7.56. The minimum absolute atomic E-state index is 0.210. The second kappa shape index (κ2) is 15.7. The molecule has 1 amide bonds. The maximum absolute atomic E-state index is 12.4. The fourth-order valence-electron chi connectivity index (χ4n) is 5.21. The van der Waals surface area contributed by atoms with E-state index in [9.17, 15) is 45.6 Å². The van der Waals surface area contributed by atoms with Crippen molar-refractivity contribution in [3.63, 3.8) is 0 Å². The highest BCUT2D eigenvalue weighted by Gasteiger charge is 2.55. The number of amides is 1. The van der Waals surface area contributed by atoms with Gasteiger partial charge in [-0.05, 0) is 19.9 Å². The number of aliphatic hydroxyl groups excluding tert-OH is 8. The van der Waals surface area contributed by atoms with E-state index < -0.39 is 111 Å². The van der Waals surface area contributed by atoms with Crippen molar-refractivity contribution < 1.29 is 74.2 Å². The number of carbonyl (C=O) groups excluding carboxylic acids is 1. The smallest absolute Gasteiger partial charge is 0.217 e. The van der Waals surface area contributed by atoms with Crippen molar-refractivity contribution in [3.8, 4) is 0 Å². The van der Waals surface area contributed by atoms with Gasteiger partial charge in [-0.25, -0.2) is 0 Å². The van der Waals surface area contributed by atoms with Crippen LogP contribution in [0.3, 0.4) is 0 Å². The quantitative estimate of drug-likeness (QED) is 0.0914. The summed E-state index contributed by atoms with van der Waals surface area (Å²) in [5.74, 6) is -0.556. The highest BCUT2D eigenvalue weighted by atomic mass is 16.8. The van der Waals surface area contributed by atoms with Crippen molar-refractivity contribution in [3.05, 3.63) is 0 Å². The lowest BCUT2D eigenvalue weighted by Gasteiger charge is -2.51. The zero-order valence-corrected chi connectivity index (χ0v) is 23.7. The first kappa shape index (κ1) is 35.3. The van der Waals surface area contributed by atoms with Gasteiger partial charge in [0.25, 0.3) is 0 Å². The number of hydroxylamine groups is 2. The van der Waals surface area contributed by atoms with E-state index in [0.717, 1.165) is 0 Å². The van der Waals surface area contributed by atoms with Gasteiger partial charge in [-0.2, -0.15) is 5.06 Å². The van der Waals surface area contributed by atoms with Gasteiger partial charge < -0.3 is 75.6 Å². The molecule has 3 fully saturated rings. The van der Waals surface area contributed by atoms with Gasteiger partial charge in [0.05, 0.1) is 32.5 Å². The summed E-state index contributed by atoms with van der Waals surface area (Å²) in [5, 5.41) is 86.3. The standard InChI is InChI=1S/C24H45N3O15/c1-9-14(31)16(33)18(35)23(38-9)42-21-13(26-10(2)30)22(27(37-3)6-4-5-25)39-12(8-29)20(21)41-24-19(36)17(34)15(32)11(7-28)40-24/h9,11-24,28-29,31-36H,4-8,25H2,1-3H3,(H,26,30)/t9-,11+,12+,13+,14+,15-,16+,17-,18-,19+,20+,21+,22+,23-,24-/m0/s1. The molecule has 15 atom stereocenters. The molecule has 3 aliphatic heterocycles. The van der Waals surface area contributed by atoms with E-state index in [1.54, 1.807) is 0 Å². The van der Waals surface area contributed by atoms with Gasteiger partial charge in [0.15, 0.2) is 18.8 Å². The minimum atomic E-state index is -1.84. The summed E-state index contributed by atoms with van der Waals surface area (Å²) < 4.78 is 29.3. The van der Waals surface area contributed by atoms with Gasteiger partial charge in [-0.3, -0.25) is 9.63 Å². The Bertz CT molecular complexity index is 845. The maximum Gasteiger partial charge on any atom is 0.217 e. The topological polar surface area (TPSA) is 276 Å². The number of rotatable bonds is 12. The van der Waals surface area contributed by atoms with Crippen molar-refractivity contribution in [2.75, 3.05) is 33.4 Å². The number of nitrogens with zero attached hydrogens (tertiary/aromatic N) is 1. The average Bonchev–Trinajstić information content (AvgIpc) is 2.96. The zero-order chi connectivity index (χ0) is 31.3. The van der Waals surface area contributed by atoms with Crippen LogP contribution in [0.15, 0.2) is 0 Å². The largest absolute Gasteiger partial charge is 0.394 e. The van der Waals surface area contributed by atoms with Crippen molar-refractivity contribution in [1.82, 2.24) is 10.4 Å². The zero-order valence-electron chi connectivity index (χ0n) is 23.7. The predicted molar refractivity (Wildman–Crippen MR) is 137 cm³/mol. The maximum atomic E-state index is 12.4. The molecule has 0 spiro atoms. The van der Waals surface area contributed by atoms with Crippen LogP contribution in [0.5, 0.6) is 0 Å². The van der Waals surface area contributed by atoms with Crippen LogP contribution in [0.4, 0.5) is 0 Å². The molecule has 3 rings (SSSR count). The number of hydrogen-bond acceptors (Lipinski definition) is 17. The van der Waals surface area contributed by atoms with E-state index in [0.29, 0.717) is 6.42 Å². The van der Waals surface area contributed by atoms with E-state index in [4.69, 9.17) is 34.3 Å². The Hall–Kier alpha value is -1.17. The molecule has 0 unspecified atom stereocenters. The van der Waals surface area contributed by atoms with Gasteiger partial charge in [0.1, 0.15) is 61.0 Å². The number of nitrogens with two attached hydrogens (primary N) is 1. The molecule has 0 aliphatic carbocycles. The molecule has 3 saturated heterocycles. The Balaban J connectivity index is 2.04. The summed E-state index contributed by atoms with van der Waals surface area (Å²) in [7, 11) is 1.35. The monoisotopic (exact) mass is 615 g/mol. The van der Waals surface area contributed by atoms with Crippen LogP contribution < -0.4 is 11.1 Å². The van der Waals surface area contributed by atoms with E-state index in [2.05, 4.69) is 5.32 Å². The molecule has 11 N–H and O–H groups in total. The van der Waals surface area contributed by atoms with Crippen LogP contribution in [0.1, 0.15) is 20.3 Å². The van der Waals surface area contributed by atoms with Gasteiger partial charge in [0, 0.05) is 13.5 Å². The molecule has 0 aromatic heterocycles. The Labute approximate surface area is 242 Å². The number of aliphatic hydroxyl groups is 8. The molecular weight excluding hydrogens is 570 g/mol. The molecule has 42 heavy (non-hydrogen) atoms. The molecule has 0 aromatic carbocycles. The molecule has 18 nitrogen and oxygen atoms in total. The summed E-state index contributed by atoms with van der Waals surface area (Å²) in [6, 6.07) is -1.20. The lowest BCUT2D eigenvalue weighted by molar-refractivity contribution is -0.377. The van der Waals surface area contributed by atoms with Crippen molar-refractivity contribution in [2.45, 2.75) is 112 Å². The van der Waals surface area contributed by atoms with E-state index in [-0.39, 0.29) is 13.1 Å². The molecule has 246 valence electrons. The third-order valence-electron chi connectivity index (χ3n) is 7.56. The van der Waals surface area contributed by atoms with Crippen molar-refractivity contribution in [1.29, 1.82) is 0 Å². The number of nitrogens with one attached hydrogen (secondary N) is 1. The summed E-state index contributed by atoms with van der Waals surface area (Å²) in [4.78, 5) is 17.9. The van der Waals surface area contributed by atoms with Gasteiger partial charge >= 0.3 is 0 Å².